The van der Waals surface area contributed by atoms with Crippen LogP contribution in [0.4, 0.5) is 0 Å². The van der Waals surface area contributed by atoms with Crippen LogP contribution in [0, 0.1) is 12.3 Å². The molecule has 1 aromatic carbocycles. The number of aliphatic imine (C=N–C) groups is 1. The molecule has 0 saturated heterocycles. The van der Waals surface area contributed by atoms with E-state index in [4.69, 9.17) is 23.4 Å². The lowest BCUT2D eigenvalue weighted by Crippen LogP contribution is -2.42. The van der Waals surface area contributed by atoms with Gasteiger partial charge < -0.3 is 10.1 Å². The van der Waals surface area contributed by atoms with E-state index >= 15 is 0 Å². The zero-order chi connectivity index (χ0) is 17.1. The Bertz CT molecular complexity index is 766. The smallest absolute Gasteiger partial charge is 0.194 e. The molecule has 24 heavy (non-hydrogen) atoms. The van der Waals surface area contributed by atoms with Gasteiger partial charge in [0.1, 0.15) is 6.61 Å². The third-order valence-corrected chi connectivity index (χ3v) is 4.36. The molecule has 2 atom stereocenters. The van der Waals surface area contributed by atoms with Gasteiger partial charge in [0, 0.05) is 11.1 Å². The zero-order valence-electron chi connectivity index (χ0n) is 13.8. The van der Waals surface area contributed by atoms with Crippen LogP contribution in [0.15, 0.2) is 53.1 Å². The molecular weight excluding hydrogens is 316 g/mol. The lowest BCUT2D eigenvalue weighted by molar-refractivity contribution is 0.145. The van der Waals surface area contributed by atoms with Crippen LogP contribution in [-0.4, -0.2) is 29.6 Å². The second-order valence-corrected chi connectivity index (χ2v) is 6.54. The number of fused-ring (bicyclic) bond motifs is 1. The van der Waals surface area contributed by atoms with Gasteiger partial charge in [0.05, 0.1) is 17.9 Å². The molecule has 0 fully saturated rings. The summed E-state index contributed by atoms with van der Waals surface area (Å²) < 4.78 is 5.63. The summed E-state index contributed by atoms with van der Waals surface area (Å²) in [6, 6.07) is 8.54. The van der Waals surface area contributed by atoms with E-state index in [1.165, 1.54) is 5.56 Å². The van der Waals surface area contributed by atoms with Crippen molar-refractivity contribution in [3.05, 3.63) is 59.2 Å². The van der Waals surface area contributed by atoms with Gasteiger partial charge in [-0.25, -0.2) is 4.99 Å². The first kappa shape index (κ1) is 16.6. The SMILES string of the molecule is C#CCOC1C=CC2NC(=S)N=C(c3ccc(C(C)C)cc3)C2=C1. The minimum atomic E-state index is -0.138. The van der Waals surface area contributed by atoms with Crippen molar-refractivity contribution in [2.75, 3.05) is 6.61 Å². The van der Waals surface area contributed by atoms with Crippen LogP contribution in [0.3, 0.4) is 0 Å². The second-order valence-electron chi connectivity index (χ2n) is 6.15. The van der Waals surface area contributed by atoms with Crippen molar-refractivity contribution in [2.45, 2.75) is 31.9 Å². The average Bonchev–Trinajstić information content (AvgIpc) is 2.59. The van der Waals surface area contributed by atoms with Gasteiger partial charge in [-0.2, -0.15) is 0 Å². The summed E-state index contributed by atoms with van der Waals surface area (Å²) in [6.07, 6.45) is 11.3. The Hall–Kier alpha value is -2.22. The Balaban J connectivity index is 1.94. The Labute approximate surface area is 148 Å². The molecule has 1 aliphatic heterocycles. The summed E-state index contributed by atoms with van der Waals surface area (Å²) in [5.41, 5.74) is 4.34. The van der Waals surface area contributed by atoms with E-state index in [-0.39, 0.29) is 18.8 Å². The molecule has 0 amide bonds. The topological polar surface area (TPSA) is 33.6 Å². The zero-order valence-corrected chi connectivity index (χ0v) is 14.6. The molecular formula is C20H20N2OS. The summed E-state index contributed by atoms with van der Waals surface area (Å²) in [7, 11) is 0. The molecule has 2 unspecified atom stereocenters. The molecule has 0 aromatic heterocycles. The number of nitrogens with zero attached hydrogens (tertiary/aromatic N) is 1. The van der Waals surface area contributed by atoms with Gasteiger partial charge in [0.15, 0.2) is 5.11 Å². The van der Waals surface area contributed by atoms with Gasteiger partial charge in [-0.15, -0.1) is 6.42 Å². The third-order valence-electron chi connectivity index (χ3n) is 4.15. The lowest BCUT2D eigenvalue weighted by Gasteiger charge is -2.29. The van der Waals surface area contributed by atoms with Crippen molar-refractivity contribution < 1.29 is 4.74 Å². The van der Waals surface area contributed by atoms with Gasteiger partial charge in [-0.1, -0.05) is 56.2 Å². The van der Waals surface area contributed by atoms with Crippen LogP contribution in [0.5, 0.6) is 0 Å². The van der Waals surface area contributed by atoms with E-state index in [1.807, 2.05) is 6.08 Å². The Morgan fingerprint density at radius 3 is 2.71 bits per heavy atom. The van der Waals surface area contributed by atoms with Gasteiger partial charge in [0.2, 0.25) is 0 Å². The van der Waals surface area contributed by atoms with Crippen LogP contribution in [0.2, 0.25) is 0 Å². The minimum Gasteiger partial charge on any atom is -0.357 e. The molecule has 4 heteroatoms. The minimum absolute atomic E-state index is 0.0282. The van der Waals surface area contributed by atoms with Crippen LogP contribution in [-0.2, 0) is 4.74 Å². The molecule has 1 aromatic rings. The fourth-order valence-corrected chi connectivity index (χ4v) is 3.07. The highest BCUT2D eigenvalue weighted by atomic mass is 32.1. The summed E-state index contributed by atoms with van der Waals surface area (Å²) in [6.45, 7) is 4.65. The highest BCUT2D eigenvalue weighted by Gasteiger charge is 2.27. The quantitative estimate of drug-likeness (QED) is 0.520. The number of hydrogen-bond acceptors (Lipinski definition) is 2. The summed E-state index contributed by atoms with van der Waals surface area (Å²) in [5, 5.41) is 3.72. The van der Waals surface area contributed by atoms with Crippen LogP contribution in [0.1, 0.15) is 30.9 Å². The number of nitrogens with one attached hydrogen (secondary N) is 1. The lowest BCUT2D eigenvalue weighted by atomic mass is 9.89. The third kappa shape index (κ3) is 3.48. The number of thiocarbonyl (C=S) groups is 1. The maximum atomic E-state index is 5.63. The van der Waals surface area contributed by atoms with E-state index in [1.54, 1.807) is 0 Å². The van der Waals surface area contributed by atoms with Crippen LogP contribution in [0.25, 0.3) is 0 Å². The summed E-state index contributed by atoms with van der Waals surface area (Å²) in [5.74, 6) is 3.00. The van der Waals surface area contributed by atoms with Crippen molar-refractivity contribution in [1.29, 1.82) is 0 Å². The molecule has 122 valence electrons. The van der Waals surface area contributed by atoms with E-state index in [0.29, 0.717) is 11.0 Å². The Morgan fingerprint density at radius 2 is 2.04 bits per heavy atom. The largest absolute Gasteiger partial charge is 0.357 e. The molecule has 3 nitrogen and oxygen atoms in total. The predicted molar refractivity (Wildman–Crippen MR) is 102 cm³/mol. The van der Waals surface area contributed by atoms with E-state index < -0.39 is 0 Å². The number of rotatable bonds is 4. The molecule has 0 radical (unpaired) electrons. The van der Waals surface area contributed by atoms with Gasteiger partial charge >= 0.3 is 0 Å². The maximum Gasteiger partial charge on any atom is 0.194 e. The summed E-state index contributed by atoms with van der Waals surface area (Å²) in [4.78, 5) is 4.57. The number of ether oxygens (including phenoxy) is 1. The normalized spacial score (nSPS) is 22.3. The molecule has 1 heterocycles. The number of benzene rings is 1. The van der Waals surface area contributed by atoms with Gasteiger partial charge in [0.25, 0.3) is 0 Å². The first-order chi connectivity index (χ1) is 11.6. The number of terminal acetylenes is 1. The molecule has 0 spiro atoms. The predicted octanol–water partition coefficient (Wildman–Crippen LogP) is 3.37. The molecule has 3 rings (SSSR count). The number of hydrogen-bond donors (Lipinski definition) is 1. The molecule has 0 saturated carbocycles. The molecule has 0 bridgehead atoms. The molecule has 1 aliphatic carbocycles. The van der Waals surface area contributed by atoms with Crippen molar-refractivity contribution in [3.8, 4) is 12.3 Å². The van der Waals surface area contributed by atoms with Crippen molar-refractivity contribution >= 4 is 23.0 Å². The molecule has 1 N–H and O–H groups in total. The first-order valence-electron chi connectivity index (χ1n) is 8.03. The maximum absolute atomic E-state index is 5.63. The van der Waals surface area contributed by atoms with E-state index in [2.05, 4.69) is 66.5 Å². The van der Waals surface area contributed by atoms with E-state index in [0.717, 1.165) is 16.8 Å². The highest BCUT2D eigenvalue weighted by Crippen LogP contribution is 2.24. The standard InChI is InChI=1S/C20H20N2OS/c1-4-11-23-16-9-10-18-17(12-16)19(22-20(24)21-18)15-7-5-14(6-8-15)13(2)3/h1,5-10,12-13,16,18H,11H2,2-3H3,(H,21,24). The van der Waals surface area contributed by atoms with Gasteiger partial charge in [-0.3, -0.25) is 0 Å². The van der Waals surface area contributed by atoms with Crippen molar-refractivity contribution in [2.24, 2.45) is 4.99 Å². The fraction of sp³-hybridized carbons (Fsp3) is 0.300. The summed E-state index contributed by atoms with van der Waals surface area (Å²) >= 11 is 5.30. The van der Waals surface area contributed by atoms with E-state index in [9.17, 15) is 0 Å². The van der Waals surface area contributed by atoms with Crippen LogP contribution >= 0.6 is 12.2 Å². The highest BCUT2D eigenvalue weighted by molar-refractivity contribution is 7.80. The molecule has 2 aliphatic rings. The van der Waals surface area contributed by atoms with Crippen molar-refractivity contribution in [1.82, 2.24) is 5.32 Å². The van der Waals surface area contributed by atoms with Crippen LogP contribution < -0.4 is 5.32 Å². The Morgan fingerprint density at radius 1 is 1.29 bits per heavy atom. The van der Waals surface area contributed by atoms with Gasteiger partial charge in [-0.05, 0) is 29.8 Å². The van der Waals surface area contributed by atoms with Crippen molar-refractivity contribution in [3.63, 3.8) is 0 Å². The Kier molecular flexibility index (Phi) is 4.94. The average molecular weight is 336 g/mol. The fourth-order valence-electron chi connectivity index (χ4n) is 2.85. The second kappa shape index (κ2) is 7.12. The monoisotopic (exact) mass is 336 g/mol. The first-order valence-corrected chi connectivity index (χ1v) is 8.44.